The molecule has 0 bridgehead atoms. The van der Waals surface area contributed by atoms with Crippen molar-refractivity contribution in [3.8, 4) is 0 Å². The summed E-state index contributed by atoms with van der Waals surface area (Å²) in [5, 5.41) is 0. The monoisotopic (exact) mass is 412 g/mol. The zero-order valence-corrected chi connectivity index (χ0v) is 18.4. The number of likely N-dealkylation sites (tertiary alicyclic amines) is 1. The fourth-order valence-electron chi connectivity index (χ4n) is 4.58. The second-order valence-electron chi connectivity index (χ2n) is 9.23. The zero-order valence-electron chi connectivity index (χ0n) is 18.4. The quantitative estimate of drug-likeness (QED) is 0.688. The van der Waals surface area contributed by atoms with Gasteiger partial charge in [0, 0.05) is 38.8 Å². The Balaban J connectivity index is 1.27. The highest BCUT2D eigenvalue weighted by Crippen LogP contribution is 2.28. The molecule has 0 aromatic heterocycles. The van der Waals surface area contributed by atoms with E-state index in [2.05, 4.69) is 45.9 Å². The van der Waals surface area contributed by atoms with Crippen molar-refractivity contribution in [2.24, 2.45) is 0 Å². The molecule has 3 aliphatic rings. The first kappa shape index (κ1) is 21.3. The van der Waals surface area contributed by atoms with E-state index in [0.29, 0.717) is 25.7 Å². The molecule has 164 valence electrons. The number of benzene rings is 1. The van der Waals surface area contributed by atoms with E-state index in [4.69, 9.17) is 0 Å². The van der Waals surface area contributed by atoms with Crippen LogP contribution in [0.2, 0.25) is 0 Å². The molecule has 2 aliphatic heterocycles. The summed E-state index contributed by atoms with van der Waals surface area (Å²) in [6.07, 6.45) is 5.55. The molecule has 1 aromatic rings. The van der Waals surface area contributed by atoms with E-state index in [9.17, 15) is 9.59 Å². The Kier molecular flexibility index (Phi) is 7.05. The summed E-state index contributed by atoms with van der Waals surface area (Å²) in [6.45, 7) is 9.29. The van der Waals surface area contributed by atoms with Gasteiger partial charge in [-0.15, -0.1) is 0 Å². The summed E-state index contributed by atoms with van der Waals surface area (Å²) in [5.74, 6) is 0.523. The number of aryl methyl sites for hydroxylation is 1. The highest BCUT2D eigenvalue weighted by atomic mass is 16.2. The molecule has 1 saturated carbocycles. The van der Waals surface area contributed by atoms with Crippen LogP contribution in [0.15, 0.2) is 24.3 Å². The van der Waals surface area contributed by atoms with Crippen LogP contribution in [-0.2, 0) is 16.1 Å². The van der Waals surface area contributed by atoms with Gasteiger partial charge < -0.3 is 9.80 Å². The third-order valence-electron chi connectivity index (χ3n) is 6.64. The molecule has 1 aromatic carbocycles. The predicted molar refractivity (Wildman–Crippen MR) is 118 cm³/mol. The second kappa shape index (κ2) is 9.92. The van der Waals surface area contributed by atoms with Crippen molar-refractivity contribution >= 4 is 11.8 Å². The van der Waals surface area contributed by atoms with E-state index in [1.54, 1.807) is 0 Å². The van der Waals surface area contributed by atoms with Gasteiger partial charge in [0.15, 0.2) is 0 Å². The summed E-state index contributed by atoms with van der Waals surface area (Å²) >= 11 is 0. The second-order valence-corrected chi connectivity index (χ2v) is 9.23. The maximum Gasteiger partial charge on any atom is 0.237 e. The Labute approximate surface area is 180 Å². The summed E-state index contributed by atoms with van der Waals surface area (Å²) < 4.78 is 0. The fraction of sp³-hybridized carbons (Fsp3) is 0.667. The van der Waals surface area contributed by atoms with Crippen molar-refractivity contribution in [2.75, 3.05) is 52.4 Å². The number of hydrogen-bond acceptors (Lipinski definition) is 4. The van der Waals surface area contributed by atoms with Gasteiger partial charge in [-0.1, -0.05) is 29.8 Å². The van der Waals surface area contributed by atoms with Crippen LogP contribution in [0.25, 0.3) is 0 Å². The van der Waals surface area contributed by atoms with Crippen LogP contribution in [0.5, 0.6) is 0 Å². The third kappa shape index (κ3) is 5.82. The summed E-state index contributed by atoms with van der Waals surface area (Å²) in [6, 6.07) is 8.94. The molecule has 1 aliphatic carbocycles. The van der Waals surface area contributed by atoms with Crippen molar-refractivity contribution in [3.63, 3.8) is 0 Å². The zero-order chi connectivity index (χ0) is 20.9. The van der Waals surface area contributed by atoms with Gasteiger partial charge >= 0.3 is 0 Å². The highest BCUT2D eigenvalue weighted by Gasteiger charge is 2.33. The minimum atomic E-state index is 0.250. The Hall–Kier alpha value is -1.92. The topological polar surface area (TPSA) is 47.1 Å². The Morgan fingerprint density at radius 3 is 2.13 bits per heavy atom. The van der Waals surface area contributed by atoms with Gasteiger partial charge in [-0.2, -0.15) is 0 Å². The normalized spacial score (nSPS) is 20.9. The first-order chi connectivity index (χ1) is 14.6. The molecule has 4 rings (SSSR count). The van der Waals surface area contributed by atoms with Crippen LogP contribution < -0.4 is 0 Å². The average Bonchev–Trinajstić information content (AvgIpc) is 3.47. The molecule has 0 atom stereocenters. The molecule has 6 nitrogen and oxygen atoms in total. The maximum atomic E-state index is 13.1. The minimum Gasteiger partial charge on any atom is -0.342 e. The maximum absolute atomic E-state index is 13.1. The molecule has 2 saturated heterocycles. The van der Waals surface area contributed by atoms with Crippen LogP contribution >= 0.6 is 0 Å². The standard InChI is InChI=1S/C24H36N4O2/c1-20-5-7-21(8-6-20)17-28(22-9-10-22)24(30)19-26-12-4-11-25(15-16-26)18-23(29)27-13-2-3-14-27/h5-8,22H,2-4,9-19H2,1H3. The molecule has 0 unspecified atom stereocenters. The lowest BCUT2D eigenvalue weighted by atomic mass is 10.1. The molecule has 3 fully saturated rings. The number of carbonyl (C=O) groups is 2. The summed E-state index contributed by atoms with van der Waals surface area (Å²) in [4.78, 5) is 34.2. The van der Waals surface area contributed by atoms with Crippen LogP contribution in [-0.4, -0.2) is 89.8 Å². The van der Waals surface area contributed by atoms with Gasteiger partial charge in [-0.25, -0.2) is 0 Å². The Bertz CT molecular complexity index is 725. The molecule has 0 spiro atoms. The molecule has 0 radical (unpaired) electrons. The van der Waals surface area contributed by atoms with Gasteiger partial charge in [0.05, 0.1) is 13.1 Å². The van der Waals surface area contributed by atoms with Crippen molar-refractivity contribution < 1.29 is 9.59 Å². The highest BCUT2D eigenvalue weighted by molar-refractivity contribution is 5.79. The number of amides is 2. The number of hydrogen-bond donors (Lipinski definition) is 0. The van der Waals surface area contributed by atoms with Crippen molar-refractivity contribution in [3.05, 3.63) is 35.4 Å². The van der Waals surface area contributed by atoms with Crippen LogP contribution in [0.4, 0.5) is 0 Å². The van der Waals surface area contributed by atoms with E-state index in [0.717, 1.165) is 71.4 Å². The van der Waals surface area contributed by atoms with Crippen molar-refractivity contribution in [1.29, 1.82) is 0 Å². The lowest BCUT2D eigenvalue weighted by Crippen LogP contribution is -2.43. The fourth-order valence-corrected chi connectivity index (χ4v) is 4.58. The first-order valence-corrected chi connectivity index (χ1v) is 11.7. The van der Waals surface area contributed by atoms with Crippen molar-refractivity contribution in [2.45, 2.75) is 51.6 Å². The van der Waals surface area contributed by atoms with E-state index in [1.165, 1.54) is 11.1 Å². The van der Waals surface area contributed by atoms with Gasteiger partial charge in [-0.05, 0) is 57.7 Å². The average molecular weight is 413 g/mol. The van der Waals surface area contributed by atoms with Crippen LogP contribution in [0, 0.1) is 6.92 Å². The SMILES string of the molecule is Cc1ccc(CN(C(=O)CN2CCCN(CC(=O)N3CCCC3)CC2)C2CC2)cc1. The molecule has 0 N–H and O–H groups in total. The minimum absolute atomic E-state index is 0.250. The van der Waals surface area contributed by atoms with Gasteiger partial charge in [0.2, 0.25) is 11.8 Å². The number of rotatable bonds is 7. The van der Waals surface area contributed by atoms with E-state index >= 15 is 0 Å². The van der Waals surface area contributed by atoms with Gasteiger partial charge in [0.25, 0.3) is 0 Å². The van der Waals surface area contributed by atoms with Crippen LogP contribution in [0.3, 0.4) is 0 Å². The largest absolute Gasteiger partial charge is 0.342 e. The predicted octanol–water partition coefficient (Wildman–Crippen LogP) is 2.12. The third-order valence-corrected chi connectivity index (χ3v) is 6.64. The van der Waals surface area contributed by atoms with Gasteiger partial charge in [0.1, 0.15) is 0 Å². The van der Waals surface area contributed by atoms with Crippen LogP contribution in [0.1, 0.15) is 43.2 Å². The lowest BCUT2D eigenvalue weighted by Gasteiger charge is -2.27. The van der Waals surface area contributed by atoms with E-state index in [-0.39, 0.29) is 11.8 Å². The summed E-state index contributed by atoms with van der Waals surface area (Å²) in [7, 11) is 0. The lowest BCUT2D eigenvalue weighted by molar-refractivity contribution is -0.134. The number of nitrogens with zero attached hydrogens (tertiary/aromatic N) is 4. The molecular weight excluding hydrogens is 376 g/mol. The first-order valence-electron chi connectivity index (χ1n) is 11.7. The molecule has 30 heavy (non-hydrogen) atoms. The van der Waals surface area contributed by atoms with E-state index in [1.807, 2.05) is 4.90 Å². The molecule has 6 heteroatoms. The Morgan fingerprint density at radius 2 is 1.50 bits per heavy atom. The van der Waals surface area contributed by atoms with Crippen molar-refractivity contribution in [1.82, 2.24) is 19.6 Å². The summed E-state index contributed by atoms with van der Waals surface area (Å²) in [5.41, 5.74) is 2.46. The smallest absolute Gasteiger partial charge is 0.237 e. The molecular formula is C24H36N4O2. The molecule has 2 heterocycles. The van der Waals surface area contributed by atoms with E-state index < -0.39 is 0 Å². The molecule has 2 amide bonds. The Morgan fingerprint density at radius 1 is 0.867 bits per heavy atom. The van der Waals surface area contributed by atoms with Gasteiger partial charge in [-0.3, -0.25) is 19.4 Å². The number of carbonyl (C=O) groups excluding carboxylic acids is 2.